The third-order valence-electron chi connectivity index (χ3n) is 3.48. The van der Waals surface area contributed by atoms with Gasteiger partial charge in [0.15, 0.2) is 8.32 Å². The summed E-state index contributed by atoms with van der Waals surface area (Å²) in [6, 6.07) is 2.04. The summed E-state index contributed by atoms with van der Waals surface area (Å²) in [5.74, 6) is 0. The highest BCUT2D eigenvalue weighted by atomic mass is 79.9. The van der Waals surface area contributed by atoms with E-state index in [1.165, 1.54) is 0 Å². The Hall–Kier alpha value is -0.193. The Balaban J connectivity index is 2.71. The third kappa shape index (κ3) is 3.90. The summed E-state index contributed by atoms with van der Waals surface area (Å²) in [5.41, 5.74) is 2.15. The van der Waals surface area contributed by atoms with Crippen LogP contribution in [0, 0.1) is 6.92 Å². The lowest BCUT2D eigenvalue weighted by atomic mass is 10.2. The first-order valence-corrected chi connectivity index (χ1v) is 9.58. The van der Waals surface area contributed by atoms with Gasteiger partial charge in [0.05, 0.1) is 12.3 Å². The van der Waals surface area contributed by atoms with E-state index in [0.717, 1.165) is 15.7 Å². The summed E-state index contributed by atoms with van der Waals surface area (Å²) in [6.07, 6.45) is 1.88. The molecule has 2 nitrogen and oxygen atoms in total. The Labute approximate surface area is 114 Å². The molecule has 0 fully saturated rings. The zero-order chi connectivity index (χ0) is 13.3. The molecule has 0 aliphatic rings. The summed E-state index contributed by atoms with van der Waals surface area (Å²) >= 11 is 3.52. The molecule has 0 aliphatic carbocycles. The molecule has 96 valence electrons. The summed E-state index contributed by atoms with van der Waals surface area (Å²) in [5, 5.41) is 0.245. The molecule has 17 heavy (non-hydrogen) atoms. The van der Waals surface area contributed by atoms with Gasteiger partial charge in [0.2, 0.25) is 0 Å². The quantitative estimate of drug-likeness (QED) is 0.756. The Kier molecular flexibility index (Phi) is 4.55. The minimum atomic E-state index is -1.67. The van der Waals surface area contributed by atoms with Gasteiger partial charge in [-0.1, -0.05) is 36.7 Å². The average Bonchev–Trinajstić information content (AvgIpc) is 2.18. The van der Waals surface area contributed by atoms with E-state index in [4.69, 9.17) is 4.43 Å². The van der Waals surface area contributed by atoms with Gasteiger partial charge in [0.25, 0.3) is 0 Å². The molecule has 1 aromatic rings. The van der Waals surface area contributed by atoms with E-state index < -0.39 is 8.32 Å². The molecule has 4 heteroatoms. The molecule has 1 heterocycles. The molecule has 0 unspecified atom stereocenters. The number of hydrogen-bond donors (Lipinski definition) is 0. The number of rotatable bonds is 3. The number of nitrogens with zero attached hydrogens (tertiary/aromatic N) is 1. The molecule has 0 N–H and O–H groups in total. The third-order valence-corrected chi connectivity index (χ3v) is 8.81. The van der Waals surface area contributed by atoms with E-state index in [0.29, 0.717) is 6.61 Å². The van der Waals surface area contributed by atoms with Crippen molar-refractivity contribution in [1.82, 2.24) is 4.98 Å². The SMILES string of the molecule is Cc1cnc(CO[Si](C)(C)C(C)(C)C)cc1Br. The van der Waals surface area contributed by atoms with E-state index in [9.17, 15) is 0 Å². The highest BCUT2D eigenvalue weighted by Gasteiger charge is 2.37. The highest BCUT2D eigenvalue weighted by Crippen LogP contribution is 2.37. The van der Waals surface area contributed by atoms with E-state index in [2.05, 4.69) is 54.8 Å². The van der Waals surface area contributed by atoms with Gasteiger partial charge in [-0.15, -0.1) is 0 Å². The highest BCUT2D eigenvalue weighted by molar-refractivity contribution is 9.10. The van der Waals surface area contributed by atoms with Crippen molar-refractivity contribution in [3.05, 3.63) is 28.0 Å². The molecule has 1 rings (SSSR count). The Morgan fingerprint density at radius 2 is 1.94 bits per heavy atom. The summed E-state index contributed by atoms with van der Waals surface area (Å²) in [7, 11) is -1.67. The van der Waals surface area contributed by atoms with Gasteiger partial charge in [-0.2, -0.15) is 0 Å². The van der Waals surface area contributed by atoms with Gasteiger partial charge in [0.1, 0.15) is 0 Å². The lowest BCUT2D eigenvalue weighted by Crippen LogP contribution is -2.40. The number of aromatic nitrogens is 1. The van der Waals surface area contributed by atoms with Crippen molar-refractivity contribution >= 4 is 24.2 Å². The largest absolute Gasteiger partial charge is 0.411 e. The lowest BCUT2D eigenvalue weighted by Gasteiger charge is -2.36. The molecule has 0 radical (unpaired) electrons. The van der Waals surface area contributed by atoms with Gasteiger partial charge in [-0.25, -0.2) is 0 Å². The number of pyridine rings is 1. The van der Waals surface area contributed by atoms with Crippen molar-refractivity contribution in [1.29, 1.82) is 0 Å². The van der Waals surface area contributed by atoms with E-state index in [-0.39, 0.29) is 5.04 Å². The zero-order valence-corrected chi connectivity index (χ0v) is 14.2. The fraction of sp³-hybridized carbons (Fsp3) is 0.615. The molecular formula is C13H22BrNOSi. The van der Waals surface area contributed by atoms with Crippen LogP contribution < -0.4 is 0 Å². The second kappa shape index (κ2) is 5.20. The number of aryl methyl sites for hydroxylation is 1. The topological polar surface area (TPSA) is 22.1 Å². The molecule has 0 atom stereocenters. The molecule has 0 saturated carbocycles. The van der Waals surface area contributed by atoms with Crippen molar-refractivity contribution < 1.29 is 4.43 Å². The number of hydrogen-bond acceptors (Lipinski definition) is 2. The van der Waals surface area contributed by atoms with Gasteiger partial charge in [0, 0.05) is 10.7 Å². The maximum absolute atomic E-state index is 6.13. The van der Waals surface area contributed by atoms with E-state index in [1.54, 1.807) is 0 Å². The first kappa shape index (κ1) is 14.9. The predicted molar refractivity (Wildman–Crippen MR) is 78.7 cm³/mol. The molecule has 0 aromatic carbocycles. The number of halogens is 1. The van der Waals surface area contributed by atoms with Crippen LogP contribution >= 0.6 is 15.9 Å². The molecule has 0 spiro atoms. The van der Waals surface area contributed by atoms with Crippen LogP contribution in [0.2, 0.25) is 18.1 Å². The second-order valence-electron chi connectivity index (χ2n) is 5.97. The van der Waals surface area contributed by atoms with Crippen LogP contribution in [-0.4, -0.2) is 13.3 Å². The maximum atomic E-state index is 6.13. The maximum Gasteiger partial charge on any atom is 0.192 e. The smallest absolute Gasteiger partial charge is 0.192 e. The van der Waals surface area contributed by atoms with Crippen LogP contribution in [0.25, 0.3) is 0 Å². The normalized spacial score (nSPS) is 12.9. The van der Waals surface area contributed by atoms with Crippen molar-refractivity contribution in [3.63, 3.8) is 0 Å². The van der Waals surface area contributed by atoms with Crippen molar-refractivity contribution in [2.75, 3.05) is 0 Å². The van der Waals surface area contributed by atoms with Crippen LogP contribution in [0.15, 0.2) is 16.7 Å². The average molecular weight is 316 g/mol. The molecule has 0 aliphatic heterocycles. The zero-order valence-electron chi connectivity index (χ0n) is 11.6. The molecule has 0 saturated heterocycles. The van der Waals surface area contributed by atoms with Crippen LogP contribution in [0.5, 0.6) is 0 Å². The minimum absolute atomic E-state index is 0.245. The summed E-state index contributed by atoms with van der Waals surface area (Å²) in [4.78, 5) is 4.39. The molecule has 0 amide bonds. The monoisotopic (exact) mass is 315 g/mol. The van der Waals surface area contributed by atoms with Gasteiger partial charge in [-0.3, -0.25) is 4.98 Å². The molecule has 1 aromatic heterocycles. The first-order valence-electron chi connectivity index (χ1n) is 5.88. The van der Waals surface area contributed by atoms with Gasteiger partial charge >= 0.3 is 0 Å². The van der Waals surface area contributed by atoms with Gasteiger partial charge < -0.3 is 4.43 Å². The van der Waals surface area contributed by atoms with Gasteiger partial charge in [-0.05, 0) is 36.7 Å². The van der Waals surface area contributed by atoms with Crippen molar-refractivity contribution in [2.45, 2.75) is 52.4 Å². The lowest BCUT2D eigenvalue weighted by molar-refractivity contribution is 0.272. The van der Waals surface area contributed by atoms with Crippen LogP contribution in [0.3, 0.4) is 0 Å². The second-order valence-corrected chi connectivity index (χ2v) is 11.6. The van der Waals surface area contributed by atoms with Crippen LogP contribution in [0.4, 0.5) is 0 Å². The van der Waals surface area contributed by atoms with Crippen molar-refractivity contribution in [3.8, 4) is 0 Å². The van der Waals surface area contributed by atoms with Crippen molar-refractivity contribution in [2.24, 2.45) is 0 Å². The van der Waals surface area contributed by atoms with E-state index in [1.807, 2.05) is 19.2 Å². The Bertz CT molecular complexity index is 399. The fourth-order valence-corrected chi connectivity index (χ4v) is 2.40. The summed E-state index contributed by atoms with van der Waals surface area (Å²) in [6.45, 7) is 13.9. The fourth-order valence-electron chi connectivity index (χ4n) is 1.09. The Morgan fingerprint density at radius 1 is 1.35 bits per heavy atom. The van der Waals surface area contributed by atoms with Crippen LogP contribution in [-0.2, 0) is 11.0 Å². The molecule has 0 bridgehead atoms. The summed E-state index contributed by atoms with van der Waals surface area (Å²) < 4.78 is 7.23. The van der Waals surface area contributed by atoms with E-state index >= 15 is 0 Å². The predicted octanol–water partition coefficient (Wildman–Crippen LogP) is 4.67. The molecular weight excluding hydrogens is 294 g/mol. The van der Waals surface area contributed by atoms with Crippen LogP contribution in [0.1, 0.15) is 32.0 Å². The first-order chi connectivity index (χ1) is 7.63. The minimum Gasteiger partial charge on any atom is -0.411 e. The standard InChI is InChI=1S/C13H22BrNOSi/c1-10-8-15-11(7-12(10)14)9-16-17(5,6)13(2,3)4/h7-8H,9H2,1-6H3. The Morgan fingerprint density at radius 3 is 2.41 bits per heavy atom.